The molecule has 2 rings (SSSR count). The van der Waals surface area contributed by atoms with Crippen molar-refractivity contribution in [1.29, 1.82) is 0 Å². The Kier molecular flexibility index (Phi) is 3.73. The van der Waals surface area contributed by atoms with Crippen LogP contribution in [0.3, 0.4) is 0 Å². The summed E-state index contributed by atoms with van der Waals surface area (Å²) in [6.07, 6.45) is -0.789. The molecule has 1 aromatic carbocycles. The predicted molar refractivity (Wildman–Crippen MR) is 59.1 cm³/mol. The topological polar surface area (TPSA) is 70.8 Å². The maximum Gasteiger partial charge on any atom is 0.311 e. The van der Waals surface area contributed by atoms with Gasteiger partial charge in [0.25, 0.3) is 0 Å². The number of ether oxygens (including phenoxy) is 3. The lowest BCUT2D eigenvalue weighted by molar-refractivity contribution is -0.386. The first-order chi connectivity index (χ1) is 8.61. The molecule has 0 bridgehead atoms. The Morgan fingerprint density at radius 3 is 2.83 bits per heavy atom. The van der Waals surface area contributed by atoms with Gasteiger partial charge in [-0.2, -0.15) is 0 Å². The Morgan fingerprint density at radius 1 is 1.44 bits per heavy atom. The fourth-order valence-electron chi connectivity index (χ4n) is 1.74. The molecule has 0 radical (unpaired) electrons. The summed E-state index contributed by atoms with van der Waals surface area (Å²) in [7, 11) is 1.50. The van der Waals surface area contributed by atoms with Gasteiger partial charge in [0, 0.05) is 19.2 Å². The van der Waals surface area contributed by atoms with Gasteiger partial charge in [-0.3, -0.25) is 10.1 Å². The molecule has 0 saturated carbocycles. The number of rotatable bonds is 4. The standard InChI is InChI=1S/C11H12FNO5/c1-16-10-5-17-6-11(10)18-9-4-7(12)2-3-8(9)13(14)15/h2-4,10-11H,5-6H2,1H3. The van der Waals surface area contributed by atoms with Crippen LogP contribution in [0.4, 0.5) is 10.1 Å². The van der Waals surface area contributed by atoms with Crippen molar-refractivity contribution in [3.63, 3.8) is 0 Å². The van der Waals surface area contributed by atoms with E-state index in [2.05, 4.69) is 0 Å². The SMILES string of the molecule is COC1COCC1Oc1cc(F)ccc1[N+](=O)[O-]. The van der Waals surface area contributed by atoms with E-state index in [0.29, 0.717) is 6.61 Å². The monoisotopic (exact) mass is 257 g/mol. The van der Waals surface area contributed by atoms with Crippen LogP contribution in [0.25, 0.3) is 0 Å². The van der Waals surface area contributed by atoms with E-state index in [9.17, 15) is 14.5 Å². The second kappa shape index (κ2) is 5.28. The number of nitro benzene ring substituents is 1. The first-order valence-corrected chi connectivity index (χ1v) is 5.33. The Hall–Kier alpha value is -1.73. The fourth-order valence-corrected chi connectivity index (χ4v) is 1.74. The number of hydrogen-bond donors (Lipinski definition) is 0. The van der Waals surface area contributed by atoms with Crippen molar-refractivity contribution in [2.24, 2.45) is 0 Å². The lowest BCUT2D eigenvalue weighted by Gasteiger charge is -2.17. The van der Waals surface area contributed by atoms with Crippen LogP contribution in [-0.2, 0) is 9.47 Å². The first-order valence-electron chi connectivity index (χ1n) is 5.33. The molecule has 1 aromatic rings. The third-order valence-electron chi connectivity index (χ3n) is 2.68. The highest BCUT2D eigenvalue weighted by atomic mass is 19.1. The summed E-state index contributed by atoms with van der Waals surface area (Å²) in [6.45, 7) is 0.608. The molecule has 2 unspecified atom stereocenters. The number of nitro groups is 1. The average Bonchev–Trinajstić information content (AvgIpc) is 2.76. The summed E-state index contributed by atoms with van der Waals surface area (Å²) < 4.78 is 28.8. The van der Waals surface area contributed by atoms with Crippen LogP contribution in [-0.4, -0.2) is 37.5 Å². The van der Waals surface area contributed by atoms with E-state index in [1.54, 1.807) is 0 Å². The van der Waals surface area contributed by atoms with E-state index in [4.69, 9.17) is 14.2 Å². The molecular weight excluding hydrogens is 245 g/mol. The van der Waals surface area contributed by atoms with Gasteiger partial charge in [-0.05, 0) is 6.07 Å². The van der Waals surface area contributed by atoms with Crippen molar-refractivity contribution < 1.29 is 23.5 Å². The van der Waals surface area contributed by atoms with Crippen molar-refractivity contribution >= 4 is 5.69 Å². The van der Waals surface area contributed by atoms with Crippen LogP contribution in [0, 0.1) is 15.9 Å². The van der Waals surface area contributed by atoms with Crippen molar-refractivity contribution in [3.8, 4) is 5.75 Å². The third kappa shape index (κ3) is 2.57. The van der Waals surface area contributed by atoms with E-state index in [1.807, 2.05) is 0 Å². The van der Waals surface area contributed by atoms with Crippen LogP contribution in [0.1, 0.15) is 0 Å². The molecule has 1 aliphatic heterocycles. The van der Waals surface area contributed by atoms with Gasteiger partial charge in [0.1, 0.15) is 11.9 Å². The summed E-state index contributed by atoms with van der Waals surface area (Å²) in [5.74, 6) is -0.707. The van der Waals surface area contributed by atoms with Crippen molar-refractivity contribution in [1.82, 2.24) is 0 Å². The van der Waals surface area contributed by atoms with E-state index >= 15 is 0 Å². The van der Waals surface area contributed by atoms with Crippen molar-refractivity contribution in [3.05, 3.63) is 34.1 Å². The minimum absolute atomic E-state index is 0.113. The highest BCUT2D eigenvalue weighted by Crippen LogP contribution is 2.30. The van der Waals surface area contributed by atoms with Gasteiger partial charge >= 0.3 is 5.69 Å². The minimum atomic E-state index is -0.619. The van der Waals surface area contributed by atoms with Crippen LogP contribution in [0.15, 0.2) is 18.2 Å². The Balaban J connectivity index is 2.22. The Labute approximate surface area is 102 Å². The van der Waals surface area contributed by atoms with E-state index in [0.717, 1.165) is 18.2 Å². The van der Waals surface area contributed by atoms with Crippen molar-refractivity contribution in [2.45, 2.75) is 12.2 Å². The summed E-state index contributed by atoms with van der Waals surface area (Å²) in [4.78, 5) is 10.2. The fraction of sp³-hybridized carbons (Fsp3) is 0.455. The molecule has 0 aliphatic carbocycles. The maximum absolute atomic E-state index is 13.1. The number of nitrogens with zero attached hydrogens (tertiary/aromatic N) is 1. The Bertz CT molecular complexity index is 453. The molecule has 1 fully saturated rings. The third-order valence-corrected chi connectivity index (χ3v) is 2.68. The van der Waals surface area contributed by atoms with Gasteiger partial charge in [0.15, 0.2) is 11.9 Å². The highest BCUT2D eigenvalue weighted by molar-refractivity contribution is 5.46. The first kappa shape index (κ1) is 12.7. The zero-order valence-electron chi connectivity index (χ0n) is 9.67. The number of benzene rings is 1. The molecule has 1 heterocycles. The molecular formula is C11H12FNO5. The van der Waals surface area contributed by atoms with E-state index < -0.39 is 16.8 Å². The molecule has 1 saturated heterocycles. The predicted octanol–water partition coefficient (Wildman–Crippen LogP) is 1.53. The molecule has 98 valence electrons. The van der Waals surface area contributed by atoms with Crippen LogP contribution >= 0.6 is 0 Å². The smallest absolute Gasteiger partial charge is 0.311 e. The molecule has 18 heavy (non-hydrogen) atoms. The van der Waals surface area contributed by atoms with Crippen LogP contribution in [0.2, 0.25) is 0 Å². The lowest BCUT2D eigenvalue weighted by Crippen LogP contribution is -2.31. The molecule has 0 amide bonds. The molecule has 7 heteroatoms. The second-order valence-corrected chi connectivity index (χ2v) is 3.84. The van der Waals surface area contributed by atoms with Gasteiger partial charge in [0.05, 0.1) is 18.1 Å². The zero-order valence-corrected chi connectivity index (χ0v) is 9.67. The largest absolute Gasteiger partial charge is 0.478 e. The van der Waals surface area contributed by atoms with Crippen LogP contribution in [0.5, 0.6) is 5.75 Å². The maximum atomic E-state index is 13.1. The van der Waals surface area contributed by atoms with Gasteiger partial charge in [0.2, 0.25) is 0 Å². The molecule has 1 aliphatic rings. The zero-order chi connectivity index (χ0) is 13.1. The molecule has 0 aromatic heterocycles. The molecule has 2 atom stereocenters. The summed E-state index contributed by atoms with van der Waals surface area (Å²) in [5, 5.41) is 10.8. The van der Waals surface area contributed by atoms with Gasteiger partial charge < -0.3 is 14.2 Å². The van der Waals surface area contributed by atoms with Gasteiger partial charge in [-0.25, -0.2) is 4.39 Å². The van der Waals surface area contributed by atoms with E-state index in [-0.39, 0.29) is 24.1 Å². The van der Waals surface area contributed by atoms with Gasteiger partial charge in [-0.1, -0.05) is 0 Å². The summed E-state index contributed by atoms with van der Waals surface area (Å²) in [5.41, 5.74) is -0.279. The van der Waals surface area contributed by atoms with Gasteiger partial charge in [-0.15, -0.1) is 0 Å². The lowest BCUT2D eigenvalue weighted by atomic mass is 10.2. The second-order valence-electron chi connectivity index (χ2n) is 3.84. The summed E-state index contributed by atoms with van der Waals surface area (Å²) >= 11 is 0. The average molecular weight is 257 g/mol. The quantitative estimate of drug-likeness (QED) is 0.604. The van der Waals surface area contributed by atoms with Crippen LogP contribution < -0.4 is 4.74 Å². The number of methoxy groups -OCH3 is 1. The minimum Gasteiger partial charge on any atom is -0.478 e. The number of halogens is 1. The highest BCUT2D eigenvalue weighted by Gasteiger charge is 2.32. The normalized spacial score (nSPS) is 23.0. The molecule has 6 nitrogen and oxygen atoms in total. The molecule has 0 N–H and O–H groups in total. The van der Waals surface area contributed by atoms with E-state index in [1.165, 1.54) is 7.11 Å². The number of hydrogen-bond acceptors (Lipinski definition) is 5. The Morgan fingerprint density at radius 2 is 2.17 bits per heavy atom. The summed E-state index contributed by atoms with van der Waals surface area (Å²) in [6, 6.07) is 3.08. The van der Waals surface area contributed by atoms with Crippen molar-refractivity contribution in [2.75, 3.05) is 20.3 Å². The molecule has 0 spiro atoms.